The highest BCUT2D eigenvalue weighted by Gasteiger charge is 2.05. The standard InChI is InChI=1S/C21H20N4O/c1-25-20(26)14-19(24-21(25)23)10-7-16-3-2-4-18(13-16)17-8-5-15(6-9-17)11-12-22/h2-6,8-9,13-14H,7,10-11H2,1H3,(H2,23,24). The highest BCUT2D eigenvalue weighted by Crippen LogP contribution is 2.22. The number of nitrogens with zero attached hydrogens (tertiary/aromatic N) is 3. The van der Waals surface area contributed by atoms with E-state index in [0.717, 1.165) is 23.1 Å². The van der Waals surface area contributed by atoms with Crippen LogP contribution in [0.5, 0.6) is 0 Å². The monoisotopic (exact) mass is 344 g/mol. The molecule has 0 aliphatic carbocycles. The van der Waals surface area contributed by atoms with Gasteiger partial charge in [-0.1, -0.05) is 48.5 Å². The zero-order chi connectivity index (χ0) is 18.5. The number of nitrogens with two attached hydrogens (primary N) is 1. The lowest BCUT2D eigenvalue weighted by Crippen LogP contribution is -2.21. The molecular weight excluding hydrogens is 324 g/mol. The van der Waals surface area contributed by atoms with E-state index in [-0.39, 0.29) is 11.5 Å². The molecule has 130 valence electrons. The Labute approximate surface area is 152 Å². The lowest BCUT2D eigenvalue weighted by Gasteiger charge is -2.08. The second-order valence-corrected chi connectivity index (χ2v) is 6.24. The van der Waals surface area contributed by atoms with Crippen molar-refractivity contribution in [2.75, 3.05) is 5.73 Å². The fourth-order valence-electron chi connectivity index (χ4n) is 2.82. The molecule has 1 aromatic heterocycles. The summed E-state index contributed by atoms with van der Waals surface area (Å²) in [5.74, 6) is 0.235. The van der Waals surface area contributed by atoms with Gasteiger partial charge in [-0.05, 0) is 35.1 Å². The molecule has 26 heavy (non-hydrogen) atoms. The van der Waals surface area contributed by atoms with E-state index in [9.17, 15) is 4.79 Å². The van der Waals surface area contributed by atoms with Crippen molar-refractivity contribution in [3.05, 3.63) is 81.8 Å². The smallest absolute Gasteiger partial charge is 0.254 e. The number of rotatable bonds is 5. The maximum absolute atomic E-state index is 11.8. The third-order valence-corrected chi connectivity index (χ3v) is 4.39. The van der Waals surface area contributed by atoms with Crippen LogP contribution in [0, 0.1) is 11.3 Å². The van der Waals surface area contributed by atoms with Gasteiger partial charge in [-0.25, -0.2) is 4.98 Å². The van der Waals surface area contributed by atoms with E-state index in [4.69, 9.17) is 11.0 Å². The average Bonchev–Trinajstić information content (AvgIpc) is 2.65. The second-order valence-electron chi connectivity index (χ2n) is 6.24. The number of aromatic nitrogens is 2. The molecule has 2 aromatic carbocycles. The van der Waals surface area contributed by atoms with Gasteiger partial charge in [0.2, 0.25) is 5.95 Å². The Balaban J connectivity index is 1.75. The first-order valence-corrected chi connectivity index (χ1v) is 8.44. The van der Waals surface area contributed by atoms with Crippen molar-refractivity contribution in [1.29, 1.82) is 5.26 Å². The zero-order valence-corrected chi connectivity index (χ0v) is 14.6. The average molecular weight is 344 g/mol. The number of nitriles is 1. The lowest BCUT2D eigenvalue weighted by molar-refractivity contribution is 0.806. The van der Waals surface area contributed by atoms with Crippen molar-refractivity contribution in [2.45, 2.75) is 19.3 Å². The quantitative estimate of drug-likeness (QED) is 0.771. The Bertz CT molecular complexity index is 1010. The molecule has 5 nitrogen and oxygen atoms in total. The molecule has 0 aliphatic rings. The number of aryl methyl sites for hydroxylation is 2. The molecule has 2 N–H and O–H groups in total. The molecule has 0 atom stereocenters. The Kier molecular flexibility index (Phi) is 5.14. The predicted octanol–water partition coefficient (Wildman–Crippen LogP) is 2.88. The summed E-state index contributed by atoms with van der Waals surface area (Å²) in [5.41, 5.74) is 10.8. The van der Waals surface area contributed by atoms with Gasteiger partial charge in [0.05, 0.1) is 18.2 Å². The molecule has 3 aromatic rings. The van der Waals surface area contributed by atoms with Gasteiger partial charge in [0, 0.05) is 13.1 Å². The van der Waals surface area contributed by atoms with Crippen LogP contribution >= 0.6 is 0 Å². The molecule has 0 radical (unpaired) electrons. The first-order chi connectivity index (χ1) is 12.6. The van der Waals surface area contributed by atoms with Crippen LogP contribution < -0.4 is 11.3 Å². The molecule has 0 fully saturated rings. The van der Waals surface area contributed by atoms with Crippen LogP contribution in [0.4, 0.5) is 5.95 Å². The van der Waals surface area contributed by atoms with Gasteiger partial charge in [0.15, 0.2) is 0 Å². The Hall–Kier alpha value is -3.39. The molecular formula is C21H20N4O. The van der Waals surface area contributed by atoms with Gasteiger partial charge in [0.1, 0.15) is 0 Å². The van der Waals surface area contributed by atoms with Gasteiger partial charge in [0.25, 0.3) is 5.56 Å². The van der Waals surface area contributed by atoms with Gasteiger partial charge in [-0.15, -0.1) is 0 Å². The summed E-state index contributed by atoms with van der Waals surface area (Å²) < 4.78 is 1.33. The molecule has 0 amide bonds. The summed E-state index contributed by atoms with van der Waals surface area (Å²) >= 11 is 0. The predicted molar refractivity (Wildman–Crippen MR) is 102 cm³/mol. The molecule has 0 spiro atoms. The fourth-order valence-corrected chi connectivity index (χ4v) is 2.82. The van der Waals surface area contributed by atoms with Crippen LogP contribution in [0.2, 0.25) is 0 Å². The van der Waals surface area contributed by atoms with Crippen molar-refractivity contribution in [3.63, 3.8) is 0 Å². The number of benzene rings is 2. The second kappa shape index (κ2) is 7.66. The van der Waals surface area contributed by atoms with Crippen molar-refractivity contribution in [2.24, 2.45) is 7.05 Å². The Morgan fingerprint density at radius 3 is 2.50 bits per heavy atom. The minimum atomic E-state index is -0.140. The van der Waals surface area contributed by atoms with Gasteiger partial charge in [-0.3, -0.25) is 9.36 Å². The van der Waals surface area contributed by atoms with E-state index in [0.29, 0.717) is 18.5 Å². The van der Waals surface area contributed by atoms with Crippen LogP contribution in [0.1, 0.15) is 16.8 Å². The van der Waals surface area contributed by atoms with Gasteiger partial charge < -0.3 is 5.73 Å². The molecule has 5 heteroatoms. The minimum Gasteiger partial charge on any atom is -0.369 e. The number of anilines is 1. The third-order valence-electron chi connectivity index (χ3n) is 4.39. The number of hydrogen-bond acceptors (Lipinski definition) is 4. The zero-order valence-electron chi connectivity index (χ0n) is 14.6. The lowest BCUT2D eigenvalue weighted by atomic mass is 9.99. The van der Waals surface area contributed by atoms with Gasteiger partial charge in [-0.2, -0.15) is 5.26 Å². The molecule has 0 aliphatic heterocycles. The maximum Gasteiger partial charge on any atom is 0.254 e. The van der Waals surface area contributed by atoms with Crippen LogP contribution in [0.3, 0.4) is 0 Å². The van der Waals surface area contributed by atoms with E-state index < -0.39 is 0 Å². The summed E-state index contributed by atoms with van der Waals surface area (Å²) in [5, 5.41) is 8.76. The summed E-state index contributed by atoms with van der Waals surface area (Å²) in [6.45, 7) is 0. The first-order valence-electron chi connectivity index (χ1n) is 8.44. The Morgan fingerprint density at radius 2 is 1.81 bits per heavy atom. The van der Waals surface area contributed by atoms with E-state index in [1.807, 2.05) is 30.3 Å². The molecule has 3 rings (SSSR count). The van der Waals surface area contributed by atoms with E-state index >= 15 is 0 Å². The van der Waals surface area contributed by atoms with Crippen LogP contribution in [0.25, 0.3) is 11.1 Å². The summed E-state index contributed by atoms with van der Waals surface area (Å²) in [7, 11) is 1.61. The van der Waals surface area contributed by atoms with Crippen LogP contribution in [0.15, 0.2) is 59.4 Å². The number of hydrogen-bond donors (Lipinski definition) is 1. The van der Waals surface area contributed by atoms with Crippen LogP contribution in [-0.4, -0.2) is 9.55 Å². The minimum absolute atomic E-state index is 0.140. The molecule has 0 saturated heterocycles. The highest BCUT2D eigenvalue weighted by atomic mass is 16.1. The largest absolute Gasteiger partial charge is 0.369 e. The van der Waals surface area contributed by atoms with Crippen molar-refractivity contribution in [1.82, 2.24) is 9.55 Å². The molecule has 0 bridgehead atoms. The van der Waals surface area contributed by atoms with Crippen molar-refractivity contribution in [3.8, 4) is 17.2 Å². The molecule has 0 unspecified atom stereocenters. The fraction of sp³-hybridized carbons (Fsp3) is 0.190. The Morgan fingerprint density at radius 1 is 1.04 bits per heavy atom. The SMILES string of the molecule is Cn1c(N)nc(CCc2cccc(-c3ccc(CC#N)cc3)c2)cc1=O. The van der Waals surface area contributed by atoms with Gasteiger partial charge >= 0.3 is 0 Å². The van der Waals surface area contributed by atoms with Crippen LogP contribution in [-0.2, 0) is 26.3 Å². The molecule has 0 saturated carbocycles. The van der Waals surface area contributed by atoms with E-state index in [2.05, 4.69) is 29.3 Å². The summed E-state index contributed by atoms with van der Waals surface area (Å²) in [6.07, 6.45) is 1.86. The number of nitrogen functional groups attached to an aromatic ring is 1. The topological polar surface area (TPSA) is 84.7 Å². The summed E-state index contributed by atoms with van der Waals surface area (Å²) in [6, 6.07) is 20.0. The third kappa shape index (κ3) is 3.98. The normalized spacial score (nSPS) is 10.5. The highest BCUT2D eigenvalue weighted by molar-refractivity contribution is 5.64. The van der Waals surface area contributed by atoms with Crippen molar-refractivity contribution < 1.29 is 0 Å². The van der Waals surface area contributed by atoms with E-state index in [1.54, 1.807) is 7.05 Å². The maximum atomic E-state index is 11.8. The first kappa shape index (κ1) is 17.4. The van der Waals surface area contributed by atoms with E-state index in [1.165, 1.54) is 16.2 Å². The van der Waals surface area contributed by atoms with Crippen molar-refractivity contribution >= 4 is 5.95 Å². The molecule has 1 heterocycles. The summed E-state index contributed by atoms with van der Waals surface area (Å²) in [4.78, 5) is 16.1.